The zero-order valence-electron chi connectivity index (χ0n) is 12.6. The van der Waals surface area contributed by atoms with Crippen molar-refractivity contribution in [2.24, 2.45) is 0 Å². The van der Waals surface area contributed by atoms with Gasteiger partial charge >= 0.3 is 0 Å². The molecule has 4 nitrogen and oxygen atoms in total. The number of Topliss-reactive ketones (excluding diaryl/α,β-unsaturated/α-hetero) is 1. The number of ether oxygens (including phenoxy) is 1. The molecule has 0 aromatic heterocycles. The predicted molar refractivity (Wildman–Crippen MR) is 82.8 cm³/mol. The van der Waals surface area contributed by atoms with Crippen LogP contribution in [-0.4, -0.2) is 17.8 Å². The Morgan fingerprint density at radius 3 is 2.74 bits per heavy atom. The van der Waals surface area contributed by atoms with E-state index >= 15 is 0 Å². The minimum atomic E-state index is -0.897. The standard InChI is InChI=1S/C18H16FNO3/c1-11(12-5-3-2-4-6-12)20-18(22)17-10-15(21)14-9-13(19)7-8-16(14)23-17/h2-9,11,17H,10H2,1H3,(H,20,22)/t11-,17?/m0/s1. The van der Waals surface area contributed by atoms with Gasteiger partial charge in [-0.25, -0.2) is 4.39 Å². The molecule has 1 amide bonds. The summed E-state index contributed by atoms with van der Waals surface area (Å²) in [5.74, 6) is -0.903. The molecule has 0 spiro atoms. The fourth-order valence-corrected chi connectivity index (χ4v) is 2.57. The molecule has 1 heterocycles. The Labute approximate surface area is 133 Å². The van der Waals surface area contributed by atoms with Crippen LogP contribution in [0.4, 0.5) is 4.39 Å². The number of nitrogens with one attached hydrogen (secondary N) is 1. The highest BCUT2D eigenvalue weighted by atomic mass is 19.1. The Morgan fingerprint density at radius 1 is 1.26 bits per heavy atom. The van der Waals surface area contributed by atoms with Gasteiger partial charge in [-0.1, -0.05) is 30.3 Å². The zero-order valence-corrected chi connectivity index (χ0v) is 12.6. The number of hydrogen-bond donors (Lipinski definition) is 1. The van der Waals surface area contributed by atoms with E-state index in [4.69, 9.17) is 4.74 Å². The van der Waals surface area contributed by atoms with Gasteiger partial charge in [-0.05, 0) is 30.7 Å². The minimum Gasteiger partial charge on any atom is -0.479 e. The second kappa shape index (κ2) is 6.20. The summed E-state index contributed by atoms with van der Waals surface area (Å²) in [4.78, 5) is 24.4. The Morgan fingerprint density at radius 2 is 2.00 bits per heavy atom. The van der Waals surface area contributed by atoms with E-state index in [2.05, 4.69) is 5.32 Å². The second-order valence-electron chi connectivity index (χ2n) is 5.52. The van der Waals surface area contributed by atoms with Gasteiger partial charge in [0, 0.05) is 0 Å². The van der Waals surface area contributed by atoms with Gasteiger partial charge in [-0.2, -0.15) is 0 Å². The van der Waals surface area contributed by atoms with Crippen LogP contribution >= 0.6 is 0 Å². The van der Waals surface area contributed by atoms with Gasteiger partial charge in [0.25, 0.3) is 5.91 Å². The van der Waals surface area contributed by atoms with Gasteiger partial charge in [0.1, 0.15) is 11.6 Å². The molecule has 1 N–H and O–H groups in total. The van der Waals surface area contributed by atoms with Crippen molar-refractivity contribution in [2.45, 2.75) is 25.5 Å². The molecule has 118 valence electrons. The van der Waals surface area contributed by atoms with Gasteiger partial charge in [0.05, 0.1) is 18.0 Å². The highest BCUT2D eigenvalue weighted by molar-refractivity contribution is 6.03. The lowest BCUT2D eigenvalue weighted by atomic mass is 9.99. The Balaban J connectivity index is 1.72. The molecular weight excluding hydrogens is 297 g/mol. The lowest BCUT2D eigenvalue weighted by molar-refractivity contribution is -0.128. The largest absolute Gasteiger partial charge is 0.479 e. The molecule has 3 rings (SSSR count). The first-order chi connectivity index (χ1) is 11.0. The normalized spacial score (nSPS) is 17.8. The Kier molecular flexibility index (Phi) is 4.10. The summed E-state index contributed by atoms with van der Waals surface area (Å²) in [5, 5.41) is 2.84. The summed E-state index contributed by atoms with van der Waals surface area (Å²) in [6, 6.07) is 13.0. The Bertz CT molecular complexity index is 745. The zero-order chi connectivity index (χ0) is 16.4. The molecule has 1 aliphatic heterocycles. The van der Waals surface area contributed by atoms with Crippen LogP contribution in [0, 0.1) is 5.82 Å². The maximum atomic E-state index is 13.2. The number of hydrogen-bond acceptors (Lipinski definition) is 3. The van der Waals surface area contributed by atoms with E-state index in [1.54, 1.807) is 0 Å². The molecule has 23 heavy (non-hydrogen) atoms. The molecule has 2 aromatic rings. The number of rotatable bonds is 3. The molecule has 1 unspecified atom stereocenters. The van der Waals surface area contributed by atoms with E-state index in [1.165, 1.54) is 12.1 Å². The van der Waals surface area contributed by atoms with Crippen LogP contribution in [0.25, 0.3) is 0 Å². The first kappa shape index (κ1) is 15.2. The monoisotopic (exact) mass is 313 g/mol. The van der Waals surface area contributed by atoms with E-state index in [0.29, 0.717) is 0 Å². The van der Waals surface area contributed by atoms with E-state index in [1.807, 2.05) is 37.3 Å². The quantitative estimate of drug-likeness (QED) is 0.947. The maximum absolute atomic E-state index is 13.2. The molecule has 0 saturated carbocycles. The number of carbonyl (C=O) groups excluding carboxylic acids is 2. The highest BCUT2D eigenvalue weighted by Crippen LogP contribution is 2.28. The fourth-order valence-electron chi connectivity index (χ4n) is 2.57. The SMILES string of the molecule is C[C@H](NC(=O)C1CC(=O)c2cc(F)ccc2O1)c1ccccc1. The molecular formula is C18H16FNO3. The number of amides is 1. The third-order valence-corrected chi connectivity index (χ3v) is 3.83. The number of fused-ring (bicyclic) bond motifs is 1. The van der Waals surface area contributed by atoms with E-state index < -0.39 is 11.9 Å². The molecule has 0 aliphatic carbocycles. The van der Waals surface area contributed by atoms with Crippen LogP contribution in [0.1, 0.15) is 35.3 Å². The summed E-state index contributed by atoms with van der Waals surface area (Å²) >= 11 is 0. The van der Waals surface area contributed by atoms with Crippen LogP contribution in [0.15, 0.2) is 48.5 Å². The summed E-state index contributed by atoms with van der Waals surface area (Å²) < 4.78 is 18.8. The van der Waals surface area contributed by atoms with Crippen molar-refractivity contribution >= 4 is 11.7 Å². The average molecular weight is 313 g/mol. The van der Waals surface area contributed by atoms with E-state index in [9.17, 15) is 14.0 Å². The summed E-state index contributed by atoms with van der Waals surface area (Å²) in [5.41, 5.74) is 1.15. The van der Waals surface area contributed by atoms with Crippen molar-refractivity contribution < 1.29 is 18.7 Å². The third-order valence-electron chi connectivity index (χ3n) is 3.83. The van der Waals surface area contributed by atoms with Crippen LogP contribution in [0.5, 0.6) is 5.75 Å². The minimum absolute atomic E-state index is 0.0935. The molecule has 2 aromatic carbocycles. The molecule has 0 fully saturated rings. The van der Waals surface area contributed by atoms with Crippen molar-refractivity contribution in [2.75, 3.05) is 0 Å². The maximum Gasteiger partial charge on any atom is 0.262 e. The smallest absolute Gasteiger partial charge is 0.262 e. The number of carbonyl (C=O) groups is 2. The van der Waals surface area contributed by atoms with Gasteiger partial charge < -0.3 is 10.1 Å². The molecule has 2 atom stereocenters. The first-order valence-electron chi connectivity index (χ1n) is 7.39. The predicted octanol–water partition coefficient (Wildman–Crippen LogP) is 3.04. The summed E-state index contributed by atoms with van der Waals surface area (Å²) in [6.45, 7) is 1.86. The van der Waals surface area contributed by atoms with E-state index in [0.717, 1.165) is 11.6 Å². The molecule has 0 radical (unpaired) electrons. The van der Waals surface area contributed by atoms with Gasteiger partial charge in [0.15, 0.2) is 11.9 Å². The first-order valence-corrected chi connectivity index (χ1v) is 7.39. The van der Waals surface area contributed by atoms with Gasteiger partial charge in [-0.15, -0.1) is 0 Å². The Hall–Kier alpha value is -2.69. The van der Waals surface area contributed by atoms with Crippen LogP contribution in [0.2, 0.25) is 0 Å². The van der Waals surface area contributed by atoms with Crippen LogP contribution < -0.4 is 10.1 Å². The van der Waals surface area contributed by atoms with Crippen molar-refractivity contribution in [1.82, 2.24) is 5.32 Å². The second-order valence-corrected chi connectivity index (χ2v) is 5.52. The fraction of sp³-hybridized carbons (Fsp3) is 0.222. The van der Waals surface area contributed by atoms with Crippen molar-refractivity contribution in [3.8, 4) is 5.75 Å². The van der Waals surface area contributed by atoms with Crippen molar-refractivity contribution in [3.63, 3.8) is 0 Å². The highest BCUT2D eigenvalue weighted by Gasteiger charge is 2.32. The lowest BCUT2D eigenvalue weighted by Crippen LogP contribution is -2.42. The molecule has 5 heteroatoms. The van der Waals surface area contributed by atoms with Crippen molar-refractivity contribution in [3.05, 3.63) is 65.5 Å². The van der Waals surface area contributed by atoms with Gasteiger partial charge in [-0.3, -0.25) is 9.59 Å². The summed E-state index contributed by atoms with van der Waals surface area (Å²) in [6.07, 6.45) is -0.990. The molecule has 1 aliphatic rings. The average Bonchev–Trinajstić information content (AvgIpc) is 2.56. The van der Waals surface area contributed by atoms with Crippen LogP contribution in [-0.2, 0) is 4.79 Å². The third kappa shape index (κ3) is 3.23. The summed E-state index contributed by atoms with van der Waals surface area (Å²) in [7, 11) is 0. The molecule has 0 saturated heterocycles. The number of ketones is 1. The number of halogens is 1. The number of benzene rings is 2. The van der Waals surface area contributed by atoms with Crippen molar-refractivity contribution in [1.29, 1.82) is 0 Å². The van der Waals surface area contributed by atoms with Crippen LogP contribution in [0.3, 0.4) is 0 Å². The molecule has 0 bridgehead atoms. The topological polar surface area (TPSA) is 55.4 Å². The van der Waals surface area contributed by atoms with E-state index in [-0.39, 0.29) is 35.5 Å². The lowest BCUT2D eigenvalue weighted by Gasteiger charge is -2.26. The van der Waals surface area contributed by atoms with Gasteiger partial charge in [0.2, 0.25) is 0 Å².